The van der Waals surface area contributed by atoms with Crippen LogP contribution in [0.1, 0.15) is 44.3 Å². The van der Waals surface area contributed by atoms with Crippen molar-refractivity contribution >= 4 is 11.6 Å². The molecule has 0 saturated heterocycles. The molecular weight excluding hydrogens is 310 g/mol. The molecule has 1 aliphatic rings. The van der Waals surface area contributed by atoms with E-state index in [1.807, 2.05) is 24.3 Å². The van der Waals surface area contributed by atoms with Crippen LogP contribution in [0.4, 0.5) is 0 Å². The van der Waals surface area contributed by atoms with Gasteiger partial charge in [-0.2, -0.15) is 0 Å². The lowest BCUT2D eigenvalue weighted by Crippen LogP contribution is -2.88. The lowest BCUT2D eigenvalue weighted by molar-refractivity contribution is -0.707. The van der Waals surface area contributed by atoms with Gasteiger partial charge in [-0.15, -0.1) is 0 Å². The first kappa shape index (κ1) is 16.4. The summed E-state index contributed by atoms with van der Waals surface area (Å²) in [5.41, 5.74) is 0.983. The van der Waals surface area contributed by atoms with Crippen LogP contribution >= 0.6 is 11.6 Å². The highest BCUT2D eigenvalue weighted by Crippen LogP contribution is 2.31. The highest BCUT2D eigenvalue weighted by molar-refractivity contribution is 6.32. The fraction of sp³-hybridized carbons (Fsp3) is 0.474. The van der Waals surface area contributed by atoms with Gasteiger partial charge in [-0.1, -0.05) is 24.4 Å². The number of hydrogen-bond acceptors (Lipinski definition) is 2. The maximum Gasteiger partial charge on any atom is 0.158 e. The van der Waals surface area contributed by atoms with Crippen LogP contribution in [-0.2, 0) is 6.54 Å². The monoisotopic (exact) mass is 334 g/mol. The lowest BCUT2D eigenvalue weighted by atomic mass is 10.1. The molecule has 0 radical (unpaired) electrons. The van der Waals surface area contributed by atoms with Crippen LogP contribution in [-0.4, -0.2) is 13.2 Å². The van der Waals surface area contributed by atoms with Crippen molar-refractivity contribution in [1.29, 1.82) is 0 Å². The zero-order valence-corrected chi connectivity index (χ0v) is 14.4. The van der Waals surface area contributed by atoms with E-state index >= 15 is 0 Å². The second kappa shape index (κ2) is 7.89. The molecule has 1 aliphatic carbocycles. The molecule has 1 saturated carbocycles. The third-order valence-electron chi connectivity index (χ3n) is 4.65. The van der Waals surface area contributed by atoms with Gasteiger partial charge in [-0.25, -0.2) is 0 Å². The summed E-state index contributed by atoms with van der Waals surface area (Å²) in [6, 6.07) is 10.6. The molecule has 2 N–H and O–H groups in total. The Labute approximate surface area is 143 Å². The molecule has 23 heavy (non-hydrogen) atoms. The summed E-state index contributed by atoms with van der Waals surface area (Å²) in [5.74, 6) is 2.57. The number of nitrogens with two attached hydrogens (primary N) is 1. The molecule has 0 aliphatic heterocycles. The van der Waals surface area contributed by atoms with Crippen molar-refractivity contribution in [3.05, 3.63) is 41.1 Å². The summed E-state index contributed by atoms with van der Waals surface area (Å²) in [6.45, 7) is 0.911. The van der Waals surface area contributed by atoms with E-state index < -0.39 is 0 Å². The van der Waals surface area contributed by atoms with Gasteiger partial charge in [0.05, 0.1) is 18.2 Å². The third-order valence-corrected chi connectivity index (χ3v) is 4.95. The molecule has 3 rings (SSSR count). The Morgan fingerprint density at radius 3 is 2.61 bits per heavy atom. The predicted molar refractivity (Wildman–Crippen MR) is 92.8 cm³/mol. The van der Waals surface area contributed by atoms with Gasteiger partial charge in [0.25, 0.3) is 0 Å². The molecule has 2 aromatic rings. The van der Waals surface area contributed by atoms with E-state index in [-0.39, 0.29) is 0 Å². The van der Waals surface area contributed by atoms with Crippen LogP contribution in [0.2, 0.25) is 5.02 Å². The molecule has 0 amide bonds. The number of benzene rings is 1. The molecule has 1 aromatic carbocycles. The average Bonchev–Trinajstić information content (AvgIpc) is 2.88. The second-order valence-electron chi connectivity index (χ2n) is 6.31. The highest BCUT2D eigenvalue weighted by Gasteiger charge is 2.16. The van der Waals surface area contributed by atoms with Crippen molar-refractivity contribution in [2.45, 2.75) is 51.1 Å². The summed E-state index contributed by atoms with van der Waals surface area (Å²) in [4.78, 5) is 0. The van der Waals surface area contributed by atoms with Crippen LogP contribution in [0.25, 0.3) is 11.3 Å². The van der Waals surface area contributed by atoms with E-state index in [2.05, 4.69) is 11.4 Å². The molecule has 1 heterocycles. The zero-order chi connectivity index (χ0) is 16.1. The van der Waals surface area contributed by atoms with Crippen LogP contribution in [0.3, 0.4) is 0 Å². The van der Waals surface area contributed by atoms with Crippen LogP contribution in [0, 0.1) is 0 Å². The molecule has 124 valence electrons. The Hall–Kier alpha value is -1.45. The zero-order valence-electron chi connectivity index (χ0n) is 13.7. The standard InChI is InChI=1S/C19H24ClNO2/c1-22-19-10-8-14(12-17(19)20)18-11-9-16(23-18)13-21-15-6-4-2-3-5-7-15/h8-12,15,21H,2-7,13H2,1H3/p+1. The van der Waals surface area contributed by atoms with Gasteiger partial charge in [0, 0.05) is 5.56 Å². The molecule has 0 unspecified atom stereocenters. The number of ether oxygens (including phenoxy) is 1. The average molecular weight is 335 g/mol. The maximum atomic E-state index is 6.19. The lowest BCUT2D eigenvalue weighted by Gasteiger charge is -2.11. The van der Waals surface area contributed by atoms with Crippen LogP contribution in [0.5, 0.6) is 5.75 Å². The minimum atomic E-state index is 0.605. The molecule has 4 heteroatoms. The summed E-state index contributed by atoms with van der Waals surface area (Å²) >= 11 is 6.19. The summed E-state index contributed by atoms with van der Waals surface area (Å²) in [5, 5.41) is 3.04. The van der Waals surface area contributed by atoms with Crippen molar-refractivity contribution in [1.82, 2.24) is 0 Å². The molecule has 1 fully saturated rings. The first-order chi connectivity index (χ1) is 11.3. The Morgan fingerprint density at radius 1 is 1.13 bits per heavy atom. The largest absolute Gasteiger partial charge is 0.495 e. The van der Waals surface area contributed by atoms with Crippen molar-refractivity contribution in [2.75, 3.05) is 7.11 Å². The number of furan rings is 1. The Balaban J connectivity index is 1.62. The Morgan fingerprint density at radius 2 is 1.91 bits per heavy atom. The molecule has 0 atom stereocenters. The van der Waals surface area contributed by atoms with Gasteiger partial charge >= 0.3 is 0 Å². The number of quaternary nitrogens is 1. The quantitative estimate of drug-likeness (QED) is 0.823. The molecule has 0 spiro atoms. The van der Waals surface area contributed by atoms with E-state index in [4.69, 9.17) is 20.8 Å². The van der Waals surface area contributed by atoms with Crippen molar-refractivity contribution < 1.29 is 14.5 Å². The first-order valence-electron chi connectivity index (χ1n) is 8.52. The molecule has 0 bridgehead atoms. The van der Waals surface area contributed by atoms with Crippen LogP contribution < -0.4 is 10.1 Å². The topological polar surface area (TPSA) is 39.0 Å². The minimum absolute atomic E-state index is 0.605. The summed E-state index contributed by atoms with van der Waals surface area (Å²) in [6.07, 6.45) is 8.20. The van der Waals surface area contributed by atoms with E-state index in [0.29, 0.717) is 10.8 Å². The van der Waals surface area contributed by atoms with Crippen molar-refractivity contribution in [2.24, 2.45) is 0 Å². The van der Waals surface area contributed by atoms with Gasteiger partial charge in [-0.3, -0.25) is 0 Å². The van der Waals surface area contributed by atoms with Crippen molar-refractivity contribution in [3.63, 3.8) is 0 Å². The number of methoxy groups -OCH3 is 1. The van der Waals surface area contributed by atoms with Gasteiger partial charge in [0.15, 0.2) is 5.76 Å². The van der Waals surface area contributed by atoms with E-state index in [1.165, 1.54) is 38.5 Å². The van der Waals surface area contributed by atoms with E-state index in [0.717, 1.165) is 29.7 Å². The van der Waals surface area contributed by atoms with Gasteiger partial charge < -0.3 is 14.5 Å². The van der Waals surface area contributed by atoms with Gasteiger partial charge in [0.2, 0.25) is 0 Å². The first-order valence-corrected chi connectivity index (χ1v) is 8.90. The summed E-state index contributed by atoms with van der Waals surface area (Å²) < 4.78 is 11.2. The Kier molecular flexibility index (Phi) is 5.63. The number of hydrogen-bond donors (Lipinski definition) is 1. The molecular formula is C19H25ClNO2+. The smallest absolute Gasteiger partial charge is 0.158 e. The highest BCUT2D eigenvalue weighted by atomic mass is 35.5. The van der Waals surface area contributed by atoms with E-state index in [1.54, 1.807) is 7.11 Å². The SMILES string of the molecule is COc1ccc(-c2ccc(C[NH2+]C3CCCCCC3)o2)cc1Cl. The fourth-order valence-corrected chi connectivity index (χ4v) is 3.55. The minimum Gasteiger partial charge on any atom is -0.495 e. The maximum absolute atomic E-state index is 6.19. The summed E-state index contributed by atoms with van der Waals surface area (Å²) in [7, 11) is 1.62. The number of rotatable bonds is 5. The third kappa shape index (κ3) is 4.30. The van der Waals surface area contributed by atoms with Gasteiger partial charge in [-0.05, 0) is 56.0 Å². The fourth-order valence-electron chi connectivity index (χ4n) is 3.29. The normalized spacial score (nSPS) is 16.3. The van der Waals surface area contributed by atoms with Crippen LogP contribution in [0.15, 0.2) is 34.7 Å². The van der Waals surface area contributed by atoms with E-state index in [9.17, 15) is 0 Å². The van der Waals surface area contributed by atoms with Crippen molar-refractivity contribution in [3.8, 4) is 17.1 Å². The predicted octanol–water partition coefficient (Wildman–Crippen LogP) is 4.39. The molecule has 3 nitrogen and oxygen atoms in total. The Bertz CT molecular complexity index is 630. The molecule has 1 aromatic heterocycles. The number of halogens is 1. The second-order valence-corrected chi connectivity index (χ2v) is 6.71. The van der Waals surface area contributed by atoms with Gasteiger partial charge in [0.1, 0.15) is 18.1 Å².